The lowest BCUT2D eigenvalue weighted by molar-refractivity contribution is 0.668. The Balaban J connectivity index is 0.850. The molecule has 0 aliphatic carbocycles. The van der Waals surface area contributed by atoms with Gasteiger partial charge in [-0.25, -0.2) is 15.0 Å². The van der Waals surface area contributed by atoms with Gasteiger partial charge in [-0.05, 0) is 82.4 Å². The molecule has 10 aromatic carbocycles. The zero-order valence-corrected chi connectivity index (χ0v) is 37.0. The first kappa shape index (κ1) is 38.8. The number of para-hydroxylation sites is 2. The third-order valence-corrected chi connectivity index (χ3v) is 13.5. The van der Waals surface area contributed by atoms with Gasteiger partial charge in [0.25, 0.3) is 0 Å². The Morgan fingerprint density at radius 1 is 0.290 bits per heavy atom. The fraction of sp³-hybridized carbons (Fsp3) is 0. The van der Waals surface area contributed by atoms with Crippen LogP contribution in [0.5, 0.6) is 0 Å². The first-order valence-corrected chi connectivity index (χ1v) is 23.2. The standard InChI is InChI=1S/C63H38N4O2/c1-4-15-39(16-5-1)42-29-33-55-52(36-42)49-23-10-11-27-54(49)67(55)46-31-32-50-53-37-44(30-34-56(53)68-58(50)38-46)47-24-14-28-57-59(47)51-26-13-25-48(60(51)69-57)43-21-12-22-45(35-43)63-65-61(40-17-6-2-7-18-40)64-62(66-63)41-19-8-3-9-20-41/h1-38H. The normalized spacial score (nSPS) is 11.8. The van der Waals surface area contributed by atoms with Crippen molar-refractivity contribution < 1.29 is 8.83 Å². The number of benzene rings is 10. The third-order valence-electron chi connectivity index (χ3n) is 13.5. The number of furan rings is 2. The summed E-state index contributed by atoms with van der Waals surface area (Å²) in [6.07, 6.45) is 0. The lowest BCUT2D eigenvalue weighted by Crippen LogP contribution is -2.00. The van der Waals surface area contributed by atoms with Crippen molar-refractivity contribution in [1.29, 1.82) is 0 Å². The van der Waals surface area contributed by atoms with E-state index in [1.807, 2.05) is 60.7 Å². The Morgan fingerprint density at radius 2 is 0.870 bits per heavy atom. The van der Waals surface area contributed by atoms with E-state index in [1.54, 1.807) is 0 Å². The summed E-state index contributed by atoms with van der Waals surface area (Å²) in [4.78, 5) is 14.9. The highest BCUT2D eigenvalue weighted by atomic mass is 16.3. The summed E-state index contributed by atoms with van der Waals surface area (Å²) in [5.41, 5.74) is 16.0. The molecule has 69 heavy (non-hydrogen) atoms. The predicted octanol–water partition coefficient (Wildman–Crippen LogP) is 16.8. The van der Waals surface area contributed by atoms with Crippen LogP contribution in [-0.2, 0) is 0 Å². The van der Waals surface area contributed by atoms with Crippen LogP contribution in [0.3, 0.4) is 0 Å². The second kappa shape index (κ2) is 15.6. The SMILES string of the molecule is c1ccc(-c2ccc3c(c2)c2ccccc2n3-c2ccc3c(c2)oc2ccc(-c4cccc5oc6c(-c7cccc(-c8nc(-c9ccccc9)nc(-c9ccccc9)n8)c7)cccc6c45)cc23)cc1. The number of hydrogen-bond donors (Lipinski definition) is 0. The van der Waals surface area contributed by atoms with E-state index >= 15 is 0 Å². The molecule has 0 saturated carbocycles. The topological polar surface area (TPSA) is 69.9 Å². The van der Waals surface area contributed by atoms with E-state index in [9.17, 15) is 0 Å². The van der Waals surface area contributed by atoms with Gasteiger partial charge >= 0.3 is 0 Å². The predicted molar refractivity (Wildman–Crippen MR) is 281 cm³/mol. The molecule has 0 N–H and O–H groups in total. The van der Waals surface area contributed by atoms with E-state index < -0.39 is 0 Å². The molecule has 0 fully saturated rings. The Hall–Kier alpha value is -9.39. The van der Waals surface area contributed by atoms with Gasteiger partial charge in [0.1, 0.15) is 22.3 Å². The van der Waals surface area contributed by atoms with Gasteiger partial charge in [-0.2, -0.15) is 0 Å². The fourth-order valence-electron chi connectivity index (χ4n) is 10.2. The van der Waals surface area contributed by atoms with E-state index in [0.717, 1.165) is 99.5 Å². The molecule has 0 amide bonds. The van der Waals surface area contributed by atoms with E-state index in [1.165, 1.54) is 21.9 Å². The Bertz CT molecular complexity index is 4250. The maximum Gasteiger partial charge on any atom is 0.164 e. The summed E-state index contributed by atoms with van der Waals surface area (Å²) in [7, 11) is 0. The zero-order valence-electron chi connectivity index (χ0n) is 37.0. The second-order valence-electron chi connectivity index (χ2n) is 17.5. The average Bonchev–Trinajstić information content (AvgIpc) is 4.10. The smallest absolute Gasteiger partial charge is 0.164 e. The van der Waals surface area contributed by atoms with Crippen LogP contribution in [0, 0.1) is 0 Å². The van der Waals surface area contributed by atoms with Gasteiger partial charge in [0.15, 0.2) is 17.5 Å². The van der Waals surface area contributed by atoms with Crippen molar-refractivity contribution in [3.05, 3.63) is 231 Å². The van der Waals surface area contributed by atoms with Crippen molar-refractivity contribution in [3.63, 3.8) is 0 Å². The molecule has 0 saturated heterocycles. The van der Waals surface area contributed by atoms with Crippen LogP contribution in [-0.4, -0.2) is 19.5 Å². The highest BCUT2D eigenvalue weighted by molar-refractivity contribution is 6.17. The zero-order chi connectivity index (χ0) is 45.4. The highest BCUT2D eigenvalue weighted by Crippen LogP contribution is 2.43. The van der Waals surface area contributed by atoms with Crippen molar-refractivity contribution in [2.75, 3.05) is 0 Å². The third kappa shape index (κ3) is 6.45. The molecule has 0 spiro atoms. The number of nitrogens with zero attached hydrogens (tertiary/aromatic N) is 4. The fourth-order valence-corrected chi connectivity index (χ4v) is 10.2. The largest absolute Gasteiger partial charge is 0.456 e. The molecule has 0 radical (unpaired) electrons. The highest BCUT2D eigenvalue weighted by Gasteiger charge is 2.20. The molecule has 0 atom stereocenters. The molecule has 14 rings (SSSR count). The molecule has 14 aromatic rings. The summed E-state index contributed by atoms with van der Waals surface area (Å²) in [6.45, 7) is 0. The van der Waals surface area contributed by atoms with Crippen LogP contribution in [0.2, 0.25) is 0 Å². The number of hydrogen-bond acceptors (Lipinski definition) is 5. The van der Waals surface area contributed by atoms with Gasteiger partial charge in [-0.3, -0.25) is 0 Å². The molecule has 6 heteroatoms. The molecular weight excluding hydrogens is 845 g/mol. The Morgan fingerprint density at radius 3 is 1.65 bits per heavy atom. The minimum absolute atomic E-state index is 0.603. The van der Waals surface area contributed by atoms with E-state index in [-0.39, 0.29) is 0 Å². The van der Waals surface area contributed by atoms with Crippen molar-refractivity contribution in [3.8, 4) is 73.2 Å². The lowest BCUT2D eigenvalue weighted by Gasteiger charge is -2.10. The summed E-state index contributed by atoms with van der Waals surface area (Å²) in [5, 5.41) is 6.69. The van der Waals surface area contributed by atoms with Crippen molar-refractivity contribution in [2.24, 2.45) is 0 Å². The van der Waals surface area contributed by atoms with Crippen LogP contribution in [0.25, 0.3) is 139 Å². The molecule has 4 aromatic heterocycles. The molecule has 4 heterocycles. The number of fused-ring (bicyclic) bond motifs is 9. The van der Waals surface area contributed by atoms with Crippen LogP contribution < -0.4 is 0 Å². The maximum absolute atomic E-state index is 6.82. The minimum atomic E-state index is 0.603. The van der Waals surface area contributed by atoms with Crippen molar-refractivity contribution in [1.82, 2.24) is 19.5 Å². The van der Waals surface area contributed by atoms with Gasteiger partial charge < -0.3 is 13.4 Å². The molecule has 0 bridgehead atoms. The maximum atomic E-state index is 6.82. The summed E-state index contributed by atoms with van der Waals surface area (Å²) < 4.78 is 15.8. The molecule has 6 nitrogen and oxygen atoms in total. The van der Waals surface area contributed by atoms with Crippen molar-refractivity contribution in [2.45, 2.75) is 0 Å². The summed E-state index contributed by atoms with van der Waals surface area (Å²) in [5.74, 6) is 1.85. The van der Waals surface area contributed by atoms with Crippen LogP contribution >= 0.6 is 0 Å². The van der Waals surface area contributed by atoms with Crippen LogP contribution in [0.15, 0.2) is 239 Å². The second-order valence-corrected chi connectivity index (χ2v) is 17.5. The van der Waals surface area contributed by atoms with E-state index in [4.69, 9.17) is 23.8 Å². The first-order valence-electron chi connectivity index (χ1n) is 23.2. The molecule has 322 valence electrons. The summed E-state index contributed by atoms with van der Waals surface area (Å²) >= 11 is 0. The van der Waals surface area contributed by atoms with E-state index in [2.05, 4.69) is 174 Å². The van der Waals surface area contributed by atoms with Gasteiger partial charge in [-0.15, -0.1) is 0 Å². The molecule has 0 unspecified atom stereocenters. The Kier molecular flexibility index (Phi) is 8.79. The van der Waals surface area contributed by atoms with Gasteiger partial charge in [0.05, 0.1) is 11.0 Å². The Labute approximate surface area is 396 Å². The van der Waals surface area contributed by atoms with Gasteiger partial charge in [-0.1, -0.05) is 170 Å². The van der Waals surface area contributed by atoms with Crippen LogP contribution in [0.4, 0.5) is 0 Å². The van der Waals surface area contributed by atoms with Crippen LogP contribution in [0.1, 0.15) is 0 Å². The van der Waals surface area contributed by atoms with E-state index in [0.29, 0.717) is 17.5 Å². The quantitative estimate of drug-likeness (QED) is 0.159. The van der Waals surface area contributed by atoms with Crippen molar-refractivity contribution >= 4 is 65.7 Å². The molecule has 0 aliphatic rings. The monoisotopic (exact) mass is 882 g/mol. The number of aromatic nitrogens is 4. The minimum Gasteiger partial charge on any atom is -0.456 e. The summed E-state index contributed by atoms with van der Waals surface area (Å²) in [6, 6.07) is 80.4. The molecule has 0 aliphatic heterocycles. The lowest BCUT2D eigenvalue weighted by atomic mass is 9.96. The number of rotatable bonds is 7. The average molecular weight is 883 g/mol. The molecular formula is C63H38N4O2. The van der Waals surface area contributed by atoms with Gasteiger partial charge in [0.2, 0.25) is 0 Å². The first-order chi connectivity index (χ1) is 34.2. The van der Waals surface area contributed by atoms with Gasteiger partial charge in [0, 0.05) is 66.3 Å².